The molecule has 0 aliphatic heterocycles. The van der Waals surface area contributed by atoms with Crippen LogP contribution in [0.1, 0.15) is 30.1 Å². The summed E-state index contributed by atoms with van der Waals surface area (Å²) in [4.78, 5) is 15.6. The number of hydrogen-bond donors (Lipinski definition) is 1. The molecule has 2 heterocycles. The molecule has 0 saturated heterocycles. The van der Waals surface area contributed by atoms with Crippen LogP contribution in [0.5, 0.6) is 0 Å². The first-order valence-electron chi connectivity index (χ1n) is 5.38. The molecule has 84 valence electrons. The molecule has 0 aromatic carbocycles. The van der Waals surface area contributed by atoms with Gasteiger partial charge in [0.15, 0.2) is 0 Å². The molecule has 0 atom stereocenters. The number of carbonyl (C=O) groups is 1. The van der Waals surface area contributed by atoms with Crippen LogP contribution < -0.4 is 5.32 Å². The number of aromatic nitrogens is 3. The van der Waals surface area contributed by atoms with E-state index in [0.717, 1.165) is 18.4 Å². The first-order chi connectivity index (χ1) is 7.81. The summed E-state index contributed by atoms with van der Waals surface area (Å²) in [5.74, 6) is -0.0565. The quantitative estimate of drug-likeness (QED) is 0.786. The normalized spacial score (nSPS) is 10.6. The van der Waals surface area contributed by atoms with E-state index in [9.17, 15) is 4.79 Å². The number of hydrogen-bond acceptors (Lipinski definition) is 3. The maximum Gasteiger partial charge on any atom is 0.252 e. The van der Waals surface area contributed by atoms with Gasteiger partial charge in [-0.25, -0.2) is 9.50 Å². The Morgan fingerprint density at radius 1 is 1.56 bits per heavy atom. The third-order valence-electron chi connectivity index (χ3n) is 2.36. The lowest BCUT2D eigenvalue weighted by Crippen LogP contribution is -2.23. The highest BCUT2D eigenvalue weighted by Crippen LogP contribution is 2.06. The van der Waals surface area contributed by atoms with Crippen molar-refractivity contribution in [3.8, 4) is 0 Å². The number of amides is 1. The summed E-state index contributed by atoms with van der Waals surface area (Å²) in [6.45, 7) is 2.81. The lowest BCUT2D eigenvalue weighted by Gasteiger charge is -2.00. The van der Waals surface area contributed by atoms with Crippen molar-refractivity contribution < 1.29 is 4.79 Å². The zero-order valence-electron chi connectivity index (χ0n) is 9.18. The minimum Gasteiger partial charge on any atom is -0.352 e. The molecule has 0 aliphatic rings. The Kier molecular flexibility index (Phi) is 3.14. The molecule has 0 spiro atoms. The van der Waals surface area contributed by atoms with Gasteiger partial charge in [-0.15, -0.1) is 0 Å². The molecular weight excluding hydrogens is 204 g/mol. The molecule has 0 bridgehead atoms. The van der Waals surface area contributed by atoms with Gasteiger partial charge in [0.2, 0.25) is 0 Å². The summed E-state index contributed by atoms with van der Waals surface area (Å²) in [6, 6.07) is 1.78. The van der Waals surface area contributed by atoms with Gasteiger partial charge >= 0.3 is 0 Å². The fourth-order valence-electron chi connectivity index (χ4n) is 1.47. The Hall–Kier alpha value is -1.91. The molecule has 5 nitrogen and oxygen atoms in total. The zero-order chi connectivity index (χ0) is 11.4. The van der Waals surface area contributed by atoms with Gasteiger partial charge in [-0.05, 0) is 12.5 Å². The van der Waals surface area contributed by atoms with Crippen molar-refractivity contribution in [3.63, 3.8) is 0 Å². The van der Waals surface area contributed by atoms with Crippen molar-refractivity contribution in [2.24, 2.45) is 0 Å². The summed E-state index contributed by atoms with van der Waals surface area (Å²) in [5, 5.41) is 6.87. The number of rotatable bonds is 4. The van der Waals surface area contributed by atoms with Crippen LogP contribution in [0.2, 0.25) is 0 Å². The Morgan fingerprint density at radius 3 is 3.19 bits per heavy atom. The van der Waals surface area contributed by atoms with E-state index < -0.39 is 0 Å². The fourth-order valence-corrected chi connectivity index (χ4v) is 1.47. The number of fused-ring (bicyclic) bond motifs is 1. The van der Waals surface area contributed by atoms with E-state index in [0.29, 0.717) is 12.1 Å². The summed E-state index contributed by atoms with van der Waals surface area (Å²) in [5.41, 5.74) is 1.44. The maximum atomic E-state index is 11.7. The maximum absolute atomic E-state index is 11.7. The first-order valence-corrected chi connectivity index (χ1v) is 5.38. The Bertz CT molecular complexity index is 458. The van der Waals surface area contributed by atoms with E-state index in [-0.39, 0.29) is 5.91 Å². The number of unbranched alkanes of at least 4 members (excludes halogenated alkanes) is 1. The highest BCUT2D eigenvalue weighted by Gasteiger charge is 2.07. The second-order valence-corrected chi connectivity index (χ2v) is 3.62. The highest BCUT2D eigenvalue weighted by molar-refractivity contribution is 5.95. The molecule has 0 fully saturated rings. The van der Waals surface area contributed by atoms with Crippen LogP contribution in [0.15, 0.2) is 24.8 Å². The standard InChI is InChI=1S/C11H14N4O/c1-2-3-4-13-11(16)9-5-10-6-12-8-14-15(10)7-9/h5-8H,2-4H2,1H3,(H,13,16). The molecule has 0 aliphatic carbocycles. The molecule has 0 saturated carbocycles. The van der Waals surface area contributed by atoms with Crippen LogP contribution in [-0.4, -0.2) is 27.0 Å². The van der Waals surface area contributed by atoms with E-state index in [1.54, 1.807) is 23.0 Å². The zero-order valence-corrected chi connectivity index (χ0v) is 9.18. The predicted octanol–water partition coefficient (Wildman–Crippen LogP) is 1.26. The van der Waals surface area contributed by atoms with Gasteiger partial charge in [0.25, 0.3) is 5.91 Å². The average molecular weight is 218 g/mol. The third kappa shape index (κ3) is 2.18. The van der Waals surface area contributed by atoms with Crippen molar-refractivity contribution in [2.75, 3.05) is 6.54 Å². The first kappa shape index (κ1) is 10.6. The molecule has 2 rings (SSSR count). The topological polar surface area (TPSA) is 59.3 Å². The van der Waals surface area contributed by atoms with Crippen LogP contribution in [0.25, 0.3) is 5.52 Å². The Labute approximate surface area is 93.5 Å². The molecule has 2 aromatic heterocycles. The van der Waals surface area contributed by atoms with Crippen LogP contribution in [0.3, 0.4) is 0 Å². The predicted molar refractivity (Wildman–Crippen MR) is 60.2 cm³/mol. The van der Waals surface area contributed by atoms with Gasteiger partial charge in [-0.3, -0.25) is 4.79 Å². The number of nitrogens with zero attached hydrogens (tertiary/aromatic N) is 3. The molecule has 1 N–H and O–H groups in total. The van der Waals surface area contributed by atoms with Crippen molar-refractivity contribution in [3.05, 3.63) is 30.4 Å². The smallest absolute Gasteiger partial charge is 0.252 e. The molecule has 2 aromatic rings. The van der Waals surface area contributed by atoms with Crippen LogP contribution in [-0.2, 0) is 0 Å². The van der Waals surface area contributed by atoms with Crippen molar-refractivity contribution in [1.82, 2.24) is 19.9 Å². The lowest BCUT2D eigenvalue weighted by atomic mass is 10.3. The molecule has 16 heavy (non-hydrogen) atoms. The summed E-state index contributed by atoms with van der Waals surface area (Å²) in [6.07, 6.45) is 6.91. The van der Waals surface area contributed by atoms with Crippen molar-refractivity contribution >= 4 is 11.4 Å². The van der Waals surface area contributed by atoms with Gasteiger partial charge in [0.05, 0.1) is 17.3 Å². The minimum atomic E-state index is -0.0565. The van der Waals surface area contributed by atoms with Gasteiger partial charge in [0, 0.05) is 12.7 Å². The Morgan fingerprint density at radius 2 is 2.44 bits per heavy atom. The molecule has 0 unspecified atom stereocenters. The minimum absolute atomic E-state index is 0.0565. The molecule has 1 amide bonds. The van der Waals surface area contributed by atoms with E-state index in [4.69, 9.17) is 0 Å². The molecule has 0 radical (unpaired) electrons. The Balaban J connectivity index is 2.11. The van der Waals surface area contributed by atoms with E-state index >= 15 is 0 Å². The van der Waals surface area contributed by atoms with Crippen LogP contribution in [0, 0.1) is 0 Å². The number of nitrogens with one attached hydrogen (secondary N) is 1. The number of carbonyl (C=O) groups excluding carboxylic acids is 1. The van der Waals surface area contributed by atoms with Crippen LogP contribution in [0.4, 0.5) is 0 Å². The van der Waals surface area contributed by atoms with E-state index in [2.05, 4.69) is 22.3 Å². The average Bonchev–Trinajstić information content (AvgIpc) is 2.73. The fraction of sp³-hybridized carbons (Fsp3) is 0.364. The monoisotopic (exact) mass is 218 g/mol. The lowest BCUT2D eigenvalue weighted by molar-refractivity contribution is 0.0953. The van der Waals surface area contributed by atoms with Crippen molar-refractivity contribution in [2.45, 2.75) is 19.8 Å². The second kappa shape index (κ2) is 4.74. The van der Waals surface area contributed by atoms with Gasteiger partial charge < -0.3 is 5.32 Å². The van der Waals surface area contributed by atoms with Gasteiger partial charge in [0.1, 0.15) is 6.33 Å². The SMILES string of the molecule is CCCCNC(=O)c1cc2cncnn2c1. The second-order valence-electron chi connectivity index (χ2n) is 3.62. The van der Waals surface area contributed by atoms with E-state index in [1.165, 1.54) is 6.33 Å². The third-order valence-corrected chi connectivity index (χ3v) is 2.36. The van der Waals surface area contributed by atoms with Crippen LogP contribution >= 0.6 is 0 Å². The van der Waals surface area contributed by atoms with E-state index in [1.807, 2.05) is 0 Å². The summed E-state index contributed by atoms with van der Waals surface area (Å²) < 4.78 is 1.64. The van der Waals surface area contributed by atoms with Gasteiger partial charge in [-0.1, -0.05) is 13.3 Å². The highest BCUT2D eigenvalue weighted by atomic mass is 16.1. The van der Waals surface area contributed by atoms with Gasteiger partial charge in [-0.2, -0.15) is 5.10 Å². The van der Waals surface area contributed by atoms with Crippen molar-refractivity contribution in [1.29, 1.82) is 0 Å². The molecule has 5 heteroatoms. The molecular formula is C11H14N4O. The summed E-state index contributed by atoms with van der Waals surface area (Å²) >= 11 is 0. The summed E-state index contributed by atoms with van der Waals surface area (Å²) in [7, 11) is 0. The largest absolute Gasteiger partial charge is 0.352 e.